The summed E-state index contributed by atoms with van der Waals surface area (Å²) in [6.45, 7) is 0. The van der Waals surface area contributed by atoms with Gasteiger partial charge in [-0.15, -0.1) is 0 Å². The average Bonchev–Trinajstić information content (AvgIpc) is 2.76. The molecule has 0 aliphatic heterocycles. The molecule has 0 saturated heterocycles. The molecule has 0 radical (unpaired) electrons. The molecule has 0 N–H and O–H groups in total. The summed E-state index contributed by atoms with van der Waals surface area (Å²) in [5, 5.41) is 9.81. The van der Waals surface area contributed by atoms with Gasteiger partial charge in [0.1, 0.15) is 0 Å². The number of methoxy groups -OCH3 is 2. The van der Waals surface area contributed by atoms with E-state index in [1.807, 2.05) is 6.07 Å². The first-order valence-electron chi connectivity index (χ1n) is 8.73. The predicted molar refractivity (Wildman–Crippen MR) is 104 cm³/mol. The van der Waals surface area contributed by atoms with Crippen LogP contribution < -0.4 is 0 Å². The largest absolute Gasteiger partial charge is 0.468 e. The lowest BCUT2D eigenvalue weighted by molar-refractivity contribution is -0.160. The summed E-state index contributed by atoms with van der Waals surface area (Å²) >= 11 is 0. The minimum atomic E-state index is -3.85. The molecule has 7 nitrogen and oxygen atoms in total. The molecule has 0 aliphatic carbocycles. The lowest BCUT2D eigenvalue weighted by Crippen LogP contribution is -2.37. The fourth-order valence-electron chi connectivity index (χ4n) is 3.16. The van der Waals surface area contributed by atoms with Crippen LogP contribution >= 0.6 is 0 Å². The second kappa shape index (κ2) is 9.85. The van der Waals surface area contributed by atoms with Gasteiger partial charge in [0.2, 0.25) is 0 Å². The molecule has 29 heavy (non-hydrogen) atoms. The van der Waals surface area contributed by atoms with Gasteiger partial charge in [0.15, 0.2) is 15.8 Å². The molecule has 0 amide bonds. The number of nitriles is 1. The van der Waals surface area contributed by atoms with Crippen molar-refractivity contribution in [3.8, 4) is 6.07 Å². The van der Waals surface area contributed by atoms with E-state index in [0.717, 1.165) is 14.2 Å². The molecule has 0 spiro atoms. The molecule has 8 heteroatoms. The third kappa shape index (κ3) is 5.21. The number of sulfone groups is 1. The molecule has 0 aromatic heterocycles. The maximum Gasteiger partial charge on any atom is 0.320 e. The molecular formula is C21H21NO6S. The van der Waals surface area contributed by atoms with Crippen LogP contribution in [0.4, 0.5) is 0 Å². The van der Waals surface area contributed by atoms with Crippen molar-refractivity contribution in [3.05, 3.63) is 66.2 Å². The van der Waals surface area contributed by atoms with Crippen molar-refractivity contribution in [1.29, 1.82) is 5.26 Å². The van der Waals surface area contributed by atoms with Crippen LogP contribution in [0.5, 0.6) is 0 Å². The number of esters is 2. The van der Waals surface area contributed by atoms with E-state index in [9.17, 15) is 23.3 Å². The molecule has 0 heterocycles. The fourth-order valence-corrected chi connectivity index (χ4v) is 4.68. The minimum Gasteiger partial charge on any atom is -0.468 e. The lowest BCUT2D eigenvalue weighted by Gasteiger charge is -2.27. The van der Waals surface area contributed by atoms with Crippen LogP contribution in [0, 0.1) is 23.2 Å². The van der Waals surface area contributed by atoms with Gasteiger partial charge in [-0.1, -0.05) is 48.5 Å². The zero-order valence-corrected chi connectivity index (χ0v) is 16.8. The zero-order chi connectivity index (χ0) is 21.4. The Labute approximate surface area is 169 Å². The molecule has 0 saturated carbocycles. The molecule has 2 atom stereocenters. The van der Waals surface area contributed by atoms with Crippen LogP contribution in [0.15, 0.2) is 65.6 Å². The van der Waals surface area contributed by atoms with Gasteiger partial charge in [0.25, 0.3) is 0 Å². The molecule has 0 bridgehead atoms. The third-order valence-corrected chi connectivity index (χ3v) is 6.34. The highest BCUT2D eigenvalue weighted by Gasteiger charge is 2.43. The molecule has 2 unspecified atom stereocenters. The summed E-state index contributed by atoms with van der Waals surface area (Å²) < 4.78 is 35.2. The first kappa shape index (κ1) is 22.1. The van der Waals surface area contributed by atoms with E-state index in [4.69, 9.17) is 9.47 Å². The number of carbonyl (C=O) groups is 2. The normalized spacial score (nSPS) is 13.2. The van der Waals surface area contributed by atoms with Gasteiger partial charge in [0.05, 0.1) is 36.9 Å². The number of nitrogens with zero attached hydrogens (tertiary/aromatic N) is 1. The van der Waals surface area contributed by atoms with Gasteiger partial charge >= 0.3 is 11.9 Å². The molecule has 0 aliphatic rings. The number of ether oxygens (including phenoxy) is 2. The second-order valence-electron chi connectivity index (χ2n) is 6.29. The van der Waals surface area contributed by atoms with Crippen LogP contribution in [-0.2, 0) is 28.9 Å². The van der Waals surface area contributed by atoms with Crippen molar-refractivity contribution in [3.63, 3.8) is 0 Å². The monoisotopic (exact) mass is 415 g/mol. The Morgan fingerprint density at radius 1 is 0.931 bits per heavy atom. The van der Waals surface area contributed by atoms with Gasteiger partial charge in [-0.2, -0.15) is 5.26 Å². The van der Waals surface area contributed by atoms with Crippen molar-refractivity contribution in [2.75, 3.05) is 20.0 Å². The van der Waals surface area contributed by atoms with E-state index < -0.39 is 45.3 Å². The zero-order valence-electron chi connectivity index (χ0n) is 16.0. The fraction of sp³-hybridized carbons (Fsp3) is 0.286. The van der Waals surface area contributed by atoms with Crippen molar-refractivity contribution in [2.24, 2.45) is 11.8 Å². The predicted octanol–water partition coefficient (Wildman–Crippen LogP) is 2.35. The summed E-state index contributed by atoms with van der Waals surface area (Å²) in [5.74, 6) is -6.13. The second-order valence-corrected chi connectivity index (χ2v) is 8.32. The Morgan fingerprint density at radius 2 is 1.41 bits per heavy atom. The van der Waals surface area contributed by atoms with Crippen molar-refractivity contribution < 1.29 is 27.5 Å². The van der Waals surface area contributed by atoms with Crippen LogP contribution in [0.3, 0.4) is 0 Å². The van der Waals surface area contributed by atoms with Crippen molar-refractivity contribution in [1.82, 2.24) is 0 Å². The topological polar surface area (TPSA) is 111 Å². The molecule has 2 rings (SSSR count). The summed E-state index contributed by atoms with van der Waals surface area (Å²) in [7, 11) is -1.62. The van der Waals surface area contributed by atoms with Crippen LogP contribution in [0.1, 0.15) is 11.5 Å². The highest BCUT2D eigenvalue weighted by atomic mass is 32.2. The first-order valence-corrected chi connectivity index (χ1v) is 10.4. The van der Waals surface area contributed by atoms with Crippen LogP contribution in [-0.4, -0.2) is 40.3 Å². The van der Waals surface area contributed by atoms with Gasteiger partial charge in [0, 0.05) is 5.92 Å². The highest BCUT2D eigenvalue weighted by molar-refractivity contribution is 7.91. The standard InChI is InChI=1S/C21H21NO6S/c1-27-20(23)19(21(24)28-2)18(15-9-5-3-6-10-15)16(13-22)14-29(25,26)17-11-7-4-8-12-17/h3-12,16,18-19H,14H2,1-2H3. The molecule has 152 valence electrons. The number of hydrogen-bond donors (Lipinski definition) is 0. The van der Waals surface area contributed by atoms with Crippen molar-refractivity contribution in [2.45, 2.75) is 10.8 Å². The van der Waals surface area contributed by atoms with Gasteiger partial charge < -0.3 is 9.47 Å². The van der Waals surface area contributed by atoms with E-state index in [2.05, 4.69) is 0 Å². The van der Waals surface area contributed by atoms with E-state index in [1.165, 1.54) is 12.1 Å². The maximum atomic E-state index is 12.9. The van der Waals surface area contributed by atoms with Gasteiger partial charge in [-0.05, 0) is 17.7 Å². The SMILES string of the molecule is COC(=O)C(C(=O)OC)C(c1ccccc1)C(C#N)CS(=O)(=O)c1ccccc1. The van der Waals surface area contributed by atoms with Crippen LogP contribution in [0.25, 0.3) is 0 Å². The number of rotatable bonds is 8. The van der Waals surface area contributed by atoms with Gasteiger partial charge in [-0.3, -0.25) is 9.59 Å². The molecular weight excluding hydrogens is 394 g/mol. The Balaban J connectivity index is 2.55. The first-order chi connectivity index (χ1) is 13.9. The number of hydrogen-bond acceptors (Lipinski definition) is 7. The van der Waals surface area contributed by atoms with E-state index >= 15 is 0 Å². The smallest absolute Gasteiger partial charge is 0.320 e. The third-order valence-electron chi connectivity index (χ3n) is 4.55. The van der Waals surface area contributed by atoms with Crippen molar-refractivity contribution >= 4 is 21.8 Å². The Kier molecular flexibility index (Phi) is 7.51. The average molecular weight is 415 g/mol. The van der Waals surface area contributed by atoms with E-state index in [0.29, 0.717) is 5.56 Å². The summed E-state index contributed by atoms with van der Waals surface area (Å²) in [5.41, 5.74) is 0.461. The lowest BCUT2D eigenvalue weighted by atomic mass is 9.78. The molecule has 2 aromatic carbocycles. The Hall–Kier alpha value is -3.18. The van der Waals surface area contributed by atoms with E-state index in [-0.39, 0.29) is 4.90 Å². The summed E-state index contributed by atoms with van der Waals surface area (Å²) in [4.78, 5) is 24.9. The van der Waals surface area contributed by atoms with Gasteiger partial charge in [-0.25, -0.2) is 8.42 Å². The quantitative estimate of drug-likeness (QED) is 0.481. The van der Waals surface area contributed by atoms with Crippen LogP contribution in [0.2, 0.25) is 0 Å². The summed E-state index contributed by atoms with van der Waals surface area (Å²) in [6.07, 6.45) is 0. The summed E-state index contributed by atoms with van der Waals surface area (Å²) in [6, 6.07) is 18.0. The Bertz CT molecular complexity index is 967. The number of carbonyl (C=O) groups excluding carboxylic acids is 2. The molecule has 0 fully saturated rings. The number of benzene rings is 2. The minimum absolute atomic E-state index is 0.0553. The van der Waals surface area contributed by atoms with E-state index in [1.54, 1.807) is 48.5 Å². The molecule has 2 aromatic rings. The maximum absolute atomic E-state index is 12.9. The highest BCUT2D eigenvalue weighted by Crippen LogP contribution is 2.35. The Morgan fingerprint density at radius 3 is 1.86 bits per heavy atom.